The topological polar surface area (TPSA) is 41.1 Å². The molecule has 0 bridgehead atoms. The molecule has 4 heteroatoms. The molecular formula is C13H22N4. The Balaban J connectivity index is 1.73. The van der Waals surface area contributed by atoms with Crippen LogP contribution < -0.4 is 5.32 Å². The average Bonchev–Trinajstić information content (AvgIpc) is 2.40. The van der Waals surface area contributed by atoms with Gasteiger partial charge in [0.05, 0.1) is 0 Å². The molecule has 2 heterocycles. The van der Waals surface area contributed by atoms with Crippen LogP contribution in [0.3, 0.4) is 0 Å². The highest BCUT2D eigenvalue weighted by Crippen LogP contribution is 2.01. The smallest absolute Gasteiger partial charge is 0.128 e. The van der Waals surface area contributed by atoms with Crippen LogP contribution in [0.1, 0.15) is 24.9 Å². The normalized spacial score (nSPS) is 17.2. The number of piperazine rings is 1. The first kappa shape index (κ1) is 12.5. The lowest BCUT2D eigenvalue weighted by Crippen LogP contribution is -2.43. The van der Waals surface area contributed by atoms with Gasteiger partial charge in [-0.05, 0) is 25.5 Å². The van der Waals surface area contributed by atoms with Crippen LogP contribution in [-0.2, 0) is 12.8 Å². The lowest BCUT2D eigenvalue weighted by Gasteiger charge is -2.26. The Morgan fingerprint density at radius 3 is 2.94 bits per heavy atom. The summed E-state index contributed by atoms with van der Waals surface area (Å²) in [4.78, 5) is 11.4. The molecule has 1 saturated heterocycles. The van der Waals surface area contributed by atoms with Gasteiger partial charge in [-0.25, -0.2) is 9.97 Å². The summed E-state index contributed by atoms with van der Waals surface area (Å²) in [5, 5.41) is 3.37. The van der Waals surface area contributed by atoms with E-state index in [2.05, 4.69) is 27.1 Å². The molecule has 1 fully saturated rings. The highest BCUT2D eigenvalue weighted by Gasteiger charge is 2.08. The maximum absolute atomic E-state index is 4.53. The number of hydrogen-bond donors (Lipinski definition) is 1. The maximum atomic E-state index is 4.53. The molecule has 1 aromatic rings. The zero-order valence-electron chi connectivity index (χ0n) is 10.7. The highest BCUT2D eigenvalue weighted by atomic mass is 15.2. The van der Waals surface area contributed by atoms with Crippen molar-refractivity contribution >= 4 is 0 Å². The van der Waals surface area contributed by atoms with Gasteiger partial charge >= 0.3 is 0 Å². The second-order valence-corrected chi connectivity index (χ2v) is 4.51. The van der Waals surface area contributed by atoms with Crippen molar-refractivity contribution in [3.05, 3.63) is 23.8 Å². The van der Waals surface area contributed by atoms with Gasteiger partial charge in [-0.2, -0.15) is 0 Å². The fourth-order valence-electron chi connectivity index (χ4n) is 2.15. The largest absolute Gasteiger partial charge is 0.314 e. The summed E-state index contributed by atoms with van der Waals surface area (Å²) in [6.07, 6.45) is 5.03. The van der Waals surface area contributed by atoms with E-state index < -0.39 is 0 Å². The summed E-state index contributed by atoms with van der Waals surface area (Å²) in [6, 6.07) is 2.00. The third kappa shape index (κ3) is 4.06. The average molecular weight is 234 g/mol. The van der Waals surface area contributed by atoms with E-state index in [4.69, 9.17) is 0 Å². The molecule has 17 heavy (non-hydrogen) atoms. The van der Waals surface area contributed by atoms with Crippen LogP contribution in [0, 0.1) is 0 Å². The molecule has 94 valence electrons. The van der Waals surface area contributed by atoms with E-state index in [1.807, 2.05) is 12.3 Å². The molecule has 0 atom stereocenters. The molecule has 1 aliphatic heterocycles. The fraction of sp³-hybridized carbons (Fsp3) is 0.692. The van der Waals surface area contributed by atoms with Crippen LogP contribution in [-0.4, -0.2) is 47.6 Å². The van der Waals surface area contributed by atoms with Crippen molar-refractivity contribution in [1.82, 2.24) is 20.2 Å². The van der Waals surface area contributed by atoms with Crippen LogP contribution in [0.4, 0.5) is 0 Å². The molecular weight excluding hydrogens is 212 g/mol. The molecule has 0 spiro atoms. The SMILES string of the molecule is CCc1ccnc(CCCN2CCNCC2)n1. The zero-order chi connectivity index (χ0) is 11.9. The molecule has 4 nitrogen and oxygen atoms in total. The minimum atomic E-state index is 0.993. The van der Waals surface area contributed by atoms with E-state index in [1.54, 1.807) is 0 Å². The van der Waals surface area contributed by atoms with Crippen LogP contribution in [0.15, 0.2) is 12.3 Å². The quantitative estimate of drug-likeness (QED) is 0.821. The van der Waals surface area contributed by atoms with Gasteiger partial charge in [0.2, 0.25) is 0 Å². The van der Waals surface area contributed by atoms with Gasteiger partial charge in [0.15, 0.2) is 0 Å². The molecule has 1 N–H and O–H groups in total. The summed E-state index contributed by atoms with van der Waals surface area (Å²) in [7, 11) is 0. The maximum Gasteiger partial charge on any atom is 0.128 e. The van der Waals surface area contributed by atoms with Gasteiger partial charge in [0, 0.05) is 44.5 Å². The monoisotopic (exact) mass is 234 g/mol. The van der Waals surface area contributed by atoms with E-state index >= 15 is 0 Å². The van der Waals surface area contributed by atoms with Crippen LogP contribution in [0.25, 0.3) is 0 Å². The van der Waals surface area contributed by atoms with Crippen molar-refractivity contribution < 1.29 is 0 Å². The molecule has 0 aromatic carbocycles. The van der Waals surface area contributed by atoms with Crippen molar-refractivity contribution in [2.24, 2.45) is 0 Å². The van der Waals surface area contributed by atoms with Gasteiger partial charge in [-0.15, -0.1) is 0 Å². The molecule has 2 rings (SSSR count). The van der Waals surface area contributed by atoms with Gasteiger partial charge in [0.25, 0.3) is 0 Å². The lowest BCUT2D eigenvalue weighted by molar-refractivity contribution is 0.238. The second kappa shape index (κ2) is 6.67. The lowest BCUT2D eigenvalue weighted by atomic mass is 10.2. The first-order valence-corrected chi connectivity index (χ1v) is 6.62. The summed E-state index contributed by atoms with van der Waals surface area (Å²) in [5.74, 6) is 1.000. The Morgan fingerprint density at radius 2 is 2.18 bits per heavy atom. The molecule has 0 radical (unpaired) electrons. The van der Waals surface area contributed by atoms with Crippen molar-refractivity contribution in [3.63, 3.8) is 0 Å². The van der Waals surface area contributed by atoms with Crippen LogP contribution >= 0.6 is 0 Å². The Bertz CT molecular complexity index is 334. The Hall–Kier alpha value is -1.00. The Kier molecular flexibility index (Phi) is 4.88. The van der Waals surface area contributed by atoms with E-state index in [9.17, 15) is 0 Å². The predicted molar refractivity (Wildman–Crippen MR) is 69.0 cm³/mol. The van der Waals surface area contributed by atoms with E-state index in [0.717, 1.165) is 43.9 Å². The number of aromatic nitrogens is 2. The van der Waals surface area contributed by atoms with Gasteiger partial charge < -0.3 is 10.2 Å². The van der Waals surface area contributed by atoms with E-state index in [0.29, 0.717) is 0 Å². The van der Waals surface area contributed by atoms with Crippen molar-refractivity contribution in [2.75, 3.05) is 32.7 Å². The minimum absolute atomic E-state index is 0.993. The van der Waals surface area contributed by atoms with Gasteiger partial charge in [0.1, 0.15) is 5.82 Å². The molecule has 0 amide bonds. The molecule has 1 aliphatic rings. The number of hydrogen-bond acceptors (Lipinski definition) is 4. The number of aryl methyl sites for hydroxylation is 2. The Morgan fingerprint density at radius 1 is 1.35 bits per heavy atom. The zero-order valence-corrected chi connectivity index (χ0v) is 10.7. The minimum Gasteiger partial charge on any atom is -0.314 e. The standard InChI is InChI=1S/C13H22N4/c1-2-12-5-6-15-13(16-12)4-3-9-17-10-7-14-8-11-17/h5-6,14H,2-4,7-11H2,1H3. The summed E-state index contributed by atoms with van der Waals surface area (Å²) in [5.41, 5.74) is 1.15. The number of nitrogens with zero attached hydrogens (tertiary/aromatic N) is 3. The van der Waals surface area contributed by atoms with Crippen molar-refractivity contribution in [3.8, 4) is 0 Å². The summed E-state index contributed by atoms with van der Waals surface area (Å²) >= 11 is 0. The van der Waals surface area contributed by atoms with Gasteiger partial charge in [-0.3, -0.25) is 0 Å². The van der Waals surface area contributed by atoms with E-state index in [-0.39, 0.29) is 0 Å². The second-order valence-electron chi connectivity index (χ2n) is 4.51. The molecule has 0 saturated carbocycles. The number of rotatable bonds is 5. The summed E-state index contributed by atoms with van der Waals surface area (Å²) in [6.45, 7) is 7.91. The molecule has 0 unspecified atom stereocenters. The number of nitrogens with one attached hydrogen (secondary N) is 1. The van der Waals surface area contributed by atoms with Crippen LogP contribution in [0.5, 0.6) is 0 Å². The first-order chi connectivity index (χ1) is 8.38. The molecule has 1 aromatic heterocycles. The fourth-order valence-corrected chi connectivity index (χ4v) is 2.15. The summed E-state index contributed by atoms with van der Waals surface area (Å²) < 4.78 is 0. The Labute approximate surface area is 103 Å². The third-order valence-corrected chi connectivity index (χ3v) is 3.21. The first-order valence-electron chi connectivity index (χ1n) is 6.62. The van der Waals surface area contributed by atoms with Crippen molar-refractivity contribution in [2.45, 2.75) is 26.2 Å². The predicted octanol–water partition coefficient (Wildman–Crippen LogP) is 0.877. The molecule has 0 aliphatic carbocycles. The van der Waals surface area contributed by atoms with E-state index in [1.165, 1.54) is 19.6 Å². The third-order valence-electron chi connectivity index (χ3n) is 3.21. The van der Waals surface area contributed by atoms with Crippen molar-refractivity contribution in [1.29, 1.82) is 0 Å². The van der Waals surface area contributed by atoms with Gasteiger partial charge in [-0.1, -0.05) is 6.92 Å². The van der Waals surface area contributed by atoms with Crippen LogP contribution in [0.2, 0.25) is 0 Å². The highest BCUT2D eigenvalue weighted by molar-refractivity contribution is 5.02.